The molecule has 0 radical (unpaired) electrons. The fourth-order valence-corrected chi connectivity index (χ4v) is 6.20. The zero-order valence-electron chi connectivity index (χ0n) is 22.4. The second-order valence-electron chi connectivity index (χ2n) is 11.2. The van der Waals surface area contributed by atoms with Gasteiger partial charge in [0.1, 0.15) is 5.82 Å². The van der Waals surface area contributed by atoms with E-state index >= 15 is 0 Å². The Balaban J connectivity index is 1.41. The third-order valence-electron chi connectivity index (χ3n) is 8.71. The molecule has 2 aromatic heterocycles. The van der Waals surface area contributed by atoms with Gasteiger partial charge in [-0.3, -0.25) is 14.6 Å². The number of benzene rings is 1. The number of aromatic nitrogens is 2. The number of likely N-dealkylation sites (tertiary alicyclic amines) is 1. The predicted molar refractivity (Wildman–Crippen MR) is 145 cm³/mol. The van der Waals surface area contributed by atoms with E-state index in [0.717, 1.165) is 62.5 Å². The number of carboxylic acid groups (broad SMARTS) is 1. The maximum absolute atomic E-state index is 14.3. The van der Waals surface area contributed by atoms with E-state index in [1.807, 2.05) is 30.7 Å². The molecule has 0 bridgehead atoms. The summed E-state index contributed by atoms with van der Waals surface area (Å²) < 4.78 is 16.3. The Bertz CT molecular complexity index is 1320. The number of carbonyl (C=O) groups excluding carboxylic acids is 1. The molecule has 1 N–H and O–H groups in total. The van der Waals surface area contributed by atoms with Crippen molar-refractivity contribution in [2.45, 2.75) is 70.4 Å². The third-order valence-corrected chi connectivity index (χ3v) is 8.71. The SMILES string of the molecule is CC(C)N(C)C(=O)c1cc(F)ccc1-n1cc([C@H]2CC[C@H](N3CCC(C(=O)O)CC3)CC2)c2ccncc21. The number of aliphatic carboxylic acids is 1. The summed E-state index contributed by atoms with van der Waals surface area (Å²) in [5, 5.41) is 10.4. The second kappa shape index (κ2) is 10.8. The Morgan fingerprint density at radius 2 is 1.79 bits per heavy atom. The molecule has 3 heterocycles. The highest BCUT2D eigenvalue weighted by Gasteiger charge is 2.32. The molecular formula is C30H37FN4O3. The van der Waals surface area contributed by atoms with Crippen molar-refractivity contribution in [3.63, 3.8) is 0 Å². The Hall–Kier alpha value is -3.26. The van der Waals surface area contributed by atoms with Gasteiger partial charge in [-0.15, -0.1) is 0 Å². The first-order chi connectivity index (χ1) is 18.2. The number of hydrogen-bond donors (Lipinski definition) is 1. The van der Waals surface area contributed by atoms with Crippen LogP contribution in [0.5, 0.6) is 0 Å². The van der Waals surface area contributed by atoms with Gasteiger partial charge in [-0.1, -0.05) is 0 Å². The van der Waals surface area contributed by atoms with Gasteiger partial charge in [0.05, 0.1) is 28.9 Å². The Morgan fingerprint density at radius 3 is 2.45 bits per heavy atom. The normalized spacial score (nSPS) is 21.2. The van der Waals surface area contributed by atoms with E-state index < -0.39 is 11.8 Å². The van der Waals surface area contributed by atoms with Crippen molar-refractivity contribution in [2.24, 2.45) is 5.92 Å². The number of piperidine rings is 1. The van der Waals surface area contributed by atoms with Crippen molar-refractivity contribution >= 4 is 22.8 Å². The van der Waals surface area contributed by atoms with E-state index in [9.17, 15) is 19.1 Å². The number of rotatable bonds is 6. The summed E-state index contributed by atoms with van der Waals surface area (Å²) >= 11 is 0. The summed E-state index contributed by atoms with van der Waals surface area (Å²) in [7, 11) is 1.74. The summed E-state index contributed by atoms with van der Waals surface area (Å²) in [5.41, 5.74) is 3.14. The van der Waals surface area contributed by atoms with Crippen LogP contribution in [0.25, 0.3) is 16.6 Å². The van der Waals surface area contributed by atoms with Crippen molar-refractivity contribution in [2.75, 3.05) is 20.1 Å². The van der Waals surface area contributed by atoms with Crippen molar-refractivity contribution in [1.29, 1.82) is 0 Å². The largest absolute Gasteiger partial charge is 0.481 e. The van der Waals surface area contributed by atoms with Gasteiger partial charge in [-0.2, -0.15) is 0 Å². The first-order valence-electron chi connectivity index (χ1n) is 13.7. The van der Waals surface area contributed by atoms with Crippen molar-refractivity contribution in [3.05, 3.63) is 59.8 Å². The van der Waals surface area contributed by atoms with Crippen LogP contribution in [0.3, 0.4) is 0 Å². The lowest BCUT2D eigenvalue weighted by Crippen LogP contribution is -2.44. The van der Waals surface area contributed by atoms with Gasteiger partial charge in [-0.25, -0.2) is 4.39 Å². The molecule has 2 aliphatic rings. The van der Waals surface area contributed by atoms with E-state index in [2.05, 4.69) is 16.1 Å². The molecule has 1 amide bonds. The van der Waals surface area contributed by atoms with Crippen LogP contribution >= 0.6 is 0 Å². The van der Waals surface area contributed by atoms with Crippen molar-refractivity contribution < 1.29 is 19.1 Å². The van der Waals surface area contributed by atoms with Crippen molar-refractivity contribution in [1.82, 2.24) is 19.4 Å². The minimum atomic E-state index is -0.666. The smallest absolute Gasteiger partial charge is 0.306 e. The van der Waals surface area contributed by atoms with E-state index in [4.69, 9.17) is 0 Å². The highest BCUT2D eigenvalue weighted by Crippen LogP contribution is 2.40. The molecule has 1 aliphatic heterocycles. The third kappa shape index (κ3) is 5.06. The summed E-state index contributed by atoms with van der Waals surface area (Å²) in [6.45, 7) is 5.61. The first-order valence-corrected chi connectivity index (χ1v) is 13.7. The Labute approximate surface area is 223 Å². The molecule has 0 unspecified atom stereocenters. The van der Waals surface area contributed by atoms with E-state index in [1.165, 1.54) is 17.7 Å². The summed E-state index contributed by atoms with van der Waals surface area (Å²) in [4.78, 5) is 33.1. The van der Waals surface area contributed by atoms with Gasteiger partial charge in [0.15, 0.2) is 0 Å². The lowest BCUT2D eigenvalue weighted by molar-refractivity contribution is -0.143. The molecule has 7 nitrogen and oxygen atoms in total. The molecule has 3 aromatic rings. The number of halogens is 1. The Kier molecular flexibility index (Phi) is 7.52. The van der Waals surface area contributed by atoms with Crippen LogP contribution in [0.2, 0.25) is 0 Å². The number of carbonyl (C=O) groups is 2. The average Bonchev–Trinajstić information content (AvgIpc) is 3.32. The number of amides is 1. The van der Waals surface area contributed by atoms with E-state index in [1.54, 1.807) is 24.2 Å². The number of hydrogen-bond acceptors (Lipinski definition) is 4. The molecule has 8 heteroatoms. The lowest BCUT2D eigenvalue weighted by Gasteiger charge is -2.40. The van der Waals surface area contributed by atoms with Crippen molar-refractivity contribution in [3.8, 4) is 5.69 Å². The van der Waals surface area contributed by atoms with Crippen LogP contribution in [-0.4, -0.2) is 68.6 Å². The summed E-state index contributed by atoms with van der Waals surface area (Å²) in [6, 6.07) is 6.95. The lowest BCUT2D eigenvalue weighted by atomic mass is 9.80. The minimum absolute atomic E-state index is 0.0117. The van der Waals surface area contributed by atoms with Crippen LogP contribution in [-0.2, 0) is 4.79 Å². The van der Waals surface area contributed by atoms with Crippen LogP contribution in [0.15, 0.2) is 42.9 Å². The fraction of sp³-hybridized carbons (Fsp3) is 0.500. The van der Waals surface area contributed by atoms with Gasteiger partial charge in [0.2, 0.25) is 0 Å². The molecule has 5 rings (SSSR count). The molecule has 202 valence electrons. The molecule has 1 aliphatic carbocycles. The molecule has 1 saturated heterocycles. The zero-order chi connectivity index (χ0) is 27.0. The van der Waals surface area contributed by atoms with E-state index in [0.29, 0.717) is 23.2 Å². The second-order valence-corrected chi connectivity index (χ2v) is 11.2. The molecule has 1 saturated carbocycles. The van der Waals surface area contributed by atoms with Crippen LogP contribution in [0.1, 0.15) is 74.2 Å². The zero-order valence-corrected chi connectivity index (χ0v) is 22.4. The quantitative estimate of drug-likeness (QED) is 0.467. The monoisotopic (exact) mass is 520 g/mol. The number of carboxylic acids is 1. The number of nitrogens with zero attached hydrogens (tertiary/aromatic N) is 4. The highest BCUT2D eigenvalue weighted by molar-refractivity contribution is 5.99. The summed E-state index contributed by atoms with van der Waals surface area (Å²) in [5.74, 6) is -1.14. The molecule has 38 heavy (non-hydrogen) atoms. The molecular weight excluding hydrogens is 483 g/mol. The predicted octanol–water partition coefficient (Wildman–Crippen LogP) is 5.47. The average molecular weight is 521 g/mol. The molecule has 0 atom stereocenters. The molecule has 2 fully saturated rings. The molecule has 1 aromatic carbocycles. The van der Waals surface area contributed by atoms with Gasteiger partial charge in [0, 0.05) is 36.9 Å². The van der Waals surface area contributed by atoms with Crippen LogP contribution in [0, 0.1) is 11.7 Å². The number of pyridine rings is 1. The molecule has 0 spiro atoms. The standard InChI is InChI=1S/C30H37FN4O3/c1-19(2)33(3)29(36)25-16-22(31)6-9-27(25)35-18-26(24-10-13-32-17-28(24)35)20-4-7-23(8-5-20)34-14-11-21(12-15-34)30(37)38/h6,9-10,13,16-21,23H,4-5,7-8,11-12,14-15H2,1-3H3,(H,37,38)/t20-,23-. The highest BCUT2D eigenvalue weighted by atomic mass is 19.1. The van der Waals surface area contributed by atoms with Crippen LogP contribution < -0.4 is 0 Å². The first kappa shape index (κ1) is 26.4. The van der Waals surface area contributed by atoms with Gasteiger partial charge >= 0.3 is 5.97 Å². The topological polar surface area (TPSA) is 78.7 Å². The van der Waals surface area contributed by atoms with Gasteiger partial charge in [-0.05, 0) is 101 Å². The van der Waals surface area contributed by atoms with Gasteiger partial charge < -0.3 is 19.5 Å². The maximum atomic E-state index is 14.3. The Morgan fingerprint density at radius 1 is 1.08 bits per heavy atom. The fourth-order valence-electron chi connectivity index (χ4n) is 6.20. The van der Waals surface area contributed by atoms with Gasteiger partial charge in [0.25, 0.3) is 5.91 Å². The van der Waals surface area contributed by atoms with E-state index in [-0.39, 0.29) is 17.9 Å². The summed E-state index contributed by atoms with van der Waals surface area (Å²) in [6.07, 6.45) is 11.5. The minimum Gasteiger partial charge on any atom is -0.481 e. The van der Waals surface area contributed by atoms with Crippen LogP contribution in [0.4, 0.5) is 4.39 Å². The number of fused-ring (bicyclic) bond motifs is 1. The maximum Gasteiger partial charge on any atom is 0.306 e.